The van der Waals surface area contributed by atoms with E-state index in [0.717, 1.165) is 18.7 Å². The zero-order valence-electron chi connectivity index (χ0n) is 12.2. The summed E-state index contributed by atoms with van der Waals surface area (Å²) in [5.74, 6) is 0.582. The summed E-state index contributed by atoms with van der Waals surface area (Å²) in [7, 11) is 1.44. The lowest BCUT2D eigenvalue weighted by molar-refractivity contribution is -0.144. The van der Waals surface area contributed by atoms with Gasteiger partial charge in [0.1, 0.15) is 0 Å². The molecule has 1 heterocycles. The molecule has 0 unspecified atom stereocenters. The van der Waals surface area contributed by atoms with Gasteiger partial charge < -0.3 is 5.32 Å². The third kappa shape index (κ3) is 7.45. The van der Waals surface area contributed by atoms with Crippen LogP contribution in [0, 0.1) is 5.92 Å². The lowest BCUT2D eigenvalue weighted by Gasteiger charge is -2.18. The molecule has 0 bridgehead atoms. The quantitative estimate of drug-likeness (QED) is 0.836. The second-order valence-electron chi connectivity index (χ2n) is 5.47. The molecule has 3 nitrogen and oxygen atoms in total. The zero-order chi connectivity index (χ0) is 15.2. The number of pyridine rings is 1. The van der Waals surface area contributed by atoms with E-state index in [4.69, 9.17) is 0 Å². The van der Waals surface area contributed by atoms with Gasteiger partial charge in [-0.3, -0.25) is 9.88 Å². The Kier molecular flexibility index (Phi) is 6.42. The Hall–Kier alpha value is -1.14. The Morgan fingerprint density at radius 1 is 1.30 bits per heavy atom. The van der Waals surface area contributed by atoms with Crippen LogP contribution in [-0.2, 0) is 13.1 Å². The highest BCUT2D eigenvalue weighted by Crippen LogP contribution is 2.16. The molecule has 0 aliphatic rings. The molecule has 0 spiro atoms. The first-order chi connectivity index (χ1) is 9.26. The average molecular weight is 289 g/mol. The molecule has 1 rings (SSSR count). The molecule has 6 heteroatoms. The van der Waals surface area contributed by atoms with Crippen LogP contribution in [0.25, 0.3) is 0 Å². The predicted molar refractivity (Wildman–Crippen MR) is 73.2 cm³/mol. The second-order valence-corrected chi connectivity index (χ2v) is 5.47. The number of halogens is 3. The number of nitrogens with zero attached hydrogens (tertiary/aromatic N) is 2. The number of rotatable bonds is 7. The van der Waals surface area contributed by atoms with Crippen molar-refractivity contribution in [3.05, 3.63) is 29.6 Å². The summed E-state index contributed by atoms with van der Waals surface area (Å²) in [5.41, 5.74) is 1.68. The van der Waals surface area contributed by atoms with Crippen molar-refractivity contribution < 1.29 is 13.2 Å². The molecular weight excluding hydrogens is 267 g/mol. The van der Waals surface area contributed by atoms with E-state index in [0.29, 0.717) is 11.6 Å². The van der Waals surface area contributed by atoms with Crippen molar-refractivity contribution >= 4 is 0 Å². The molecule has 0 amide bonds. The molecule has 1 aromatic heterocycles. The Labute approximate surface area is 118 Å². The highest BCUT2D eigenvalue weighted by Gasteiger charge is 2.29. The van der Waals surface area contributed by atoms with Gasteiger partial charge in [-0.05, 0) is 31.1 Å². The van der Waals surface area contributed by atoms with Crippen LogP contribution < -0.4 is 5.32 Å². The van der Waals surface area contributed by atoms with Gasteiger partial charge in [-0.1, -0.05) is 19.9 Å². The van der Waals surface area contributed by atoms with Crippen molar-refractivity contribution in [1.82, 2.24) is 15.2 Å². The van der Waals surface area contributed by atoms with Gasteiger partial charge in [-0.15, -0.1) is 0 Å². The number of hydrogen-bond acceptors (Lipinski definition) is 3. The molecule has 0 aromatic carbocycles. The fourth-order valence-corrected chi connectivity index (χ4v) is 1.80. The number of alkyl halides is 3. The van der Waals surface area contributed by atoms with E-state index in [2.05, 4.69) is 24.1 Å². The zero-order valence-corrected chi connectivity index (χ0v) is 12.2. The van der Waals surface area contributed by atoms with E-state index in [1.165, 1.54) is 11.9 Å². The fourth-order valence-electron chi connectivity index (χ4n) is 1.80. The van der Waals surface area contributed by atoms with Crippen molar-refractivity contribution in [3.63, 3.8) is 0 Å². The number of aromatic nitrogens is 1. The summed E-state index contributed by atoms with van der Waals surface area (Å²) in [4.78, 5) is 5.40. The summed E-state index contributed by atoms with van der Waals surface area (Å²) < 4.78 is 36.6. The van der Waals surface area contributed by atoms with Crippen LogP contribution in [0.4, 0.5) is 13.2 Å². The van der Waals surface area contributed by atoms with E-state index >= 15 is 0 Å². The minimum atomic E-state index is -4.17. The van der Waals surface area contributed by atoms with E-state index in [1.807, 2.05) is 6.07 Å². The molecule has 1 N–H and O–H groups in total. The monoisotopic (exact) mass is 289 g/mol. The van der Waals surface area contributed by atoms with Crippen LogP contribution in [0.15, 0.2) is 18.3 Å². The van der Waals surface area contributed by atoms with Crippen LogP contribution in [0.2, 0.25) is 0 Å². The van der Waals surface area contributed by atoms with E-state index in [-0.39, 0.29) is 6.54 Å². The normalized spacial score (nSPS) is 12.4. The van der Waals surface area contributed by atoms with Crippen LogP contribution in [0.5, 0.6) is 0 Å². The van der Waals surface area contributed by atoms with Crippen LogP contribution in [0.1, 0.15) is 25.1 Å². The number of hydrogen-bond donors (Lipinski definition) is 1. The molecule has 0 aliphatic heterocycles. The van der Waals surface area contributed by atoms with Crippen LogP contribution >= 0.6 is 0 Å². The van der Waals surface area contributed by atoms with Crippen molar-refractivity contribution in [2.75, 3.05) is 20.1 Å². The van der Waals surface area contributed by atoms with Gasteiger partial charge in [0.25, 0.3) is 0 Å². The minimum Gasteiger partial charge on any atom is -0.312 e. The maximum absolute atomic E-state index is 12.2. The lowest BCUT2D eigenvalue weighted by atomic mass is 10.2. The van der Waals surface area contributed by atoms with Gasteiger partial charge in [0, 0.05) is 19.3 Å². The molecule has 0 radical (unpaired) electrons. The summed E-state index contributed by atoms with van der Waals surface area (Å²) >= 11 is 0. The summed E-state index contributed by atoms with van der Waals surface area (Å²) in [6.45, 7) is 5.18. The molecule has 1 aromatic rings. The van der Waals surface area contributed by atoms with Crippen molar-refractivity contribution in [2.45, 2.75) is 33.1 Å². The van der Waals surface area contributed by atoms with Gasteiger partial charge in [-0.25, -0.2) is 0 Å². The lowest BCUT2D eigenvalue weighted by Crippen LogP contribution is -2.30. The maximum Gasteiger partial charge on any atom is 0.401 e. The van der Waals surface area contributed by atoms with Gasteiger partial charge in [0.15, 0.2) is 0 Å². The van der Waals surface area contributed by atoms with Crippen molar-refractivity contribution in [3.8, 4) is 0 Å². The fraction of sp³-hybridized carbons (Fsp3) is 0.643. The predicted octanol–water partition coefficient (Wildman–Crippen LogP) is 2.82. The summed E-state index contributed by atoms with van der Waals surface area (Å²) in [6.07, 6.45) is -2.46. The largest absolute Gasteiger partial charge is 0.401 e. The van der Waals surface area contributed by atoms with Gasteiger partial charge >= 0.3 is 6.18 Å². The third-order valence-electron chi connectivity index (χ3n) is 2.65. The van der Waals surface area contributed by atoms with Gasteiger partial charge in [0.05, 0.1) is 12.2 Å². The van der Waals surface area contributed by atoms with E-state index in [9.17, 15) is 13.2 Å². The molecule has 20 heavy (non-hydrogen) atoms. The summed E-state index contributed by atoms with van der Waals surface area (Å²) in [6, 6.07) is 3.68. The van der Waals surface area contributed by atoms with Crippen molar-refractivity contribution in [2.24, 2.45) is 5.92 Å². The van der Waals surface area contributed by atoms with Gasteiger partial charge in [-0.2, -0.15) is 13.2 Å². The first kappa shape index (κ1) is 16.9. The first-order valence-electron chi connectivity index (χ1n) is 6.66. The smallest absolute Gasteiger partial charge is 0.312 e. The van der Waals surface area contributed by atoms with E-state index in [1.54, 1.807) is 12.3 Å². The molecule has 0 fully saturated rings. The Morgan fingerprint density at radius 2 is 2.00 bits per heavy atom. The number of nitrogens with one attached hydrogen (secondary N) is 1. The SMILES string of the molecule is CC(C)CNCc1ccc(CN(C)CC(F)(F)F)nc1. The van der Waals surface area contributed by atoms with Crippen molar-refractivity contribution in [1.29, 1.82) is 0 Å². The third-order valence-corrected chi connectivity index (χ3v) is 2.65. The Bertz CT molecular complexity index is 388. The summed E-state index contributed by atoms with van der Waals surface area (Å²) in [5, 5.41) is 3.29. The second kappa shape index (κ2) is 7.59. The molecule has 0 saturated heterocycles. The molecule has 114 valence electrons. The maximum atomic E-state index is 12.2. The molecule has 0 atom stereocenters. The molecular formula is C14H22F3N3. The molecule has 0 saturated carbocycles. The highest BCUT2D eigenvalue weighted by molar-refractivity contribution is 5.13. The van der Waals surface area contributed by atoms with Crippen LogP contribution in [0.3, 0.4) is 0 Å². The first-order valence-corrected chi connectivity index (χ1v) is 6.66. The van der Waals surface area contributed by atoms with Crippen LogP contribution in [-0.4, -0.2) is 36.2 Å². The topological polar surface area (TPSA) is 28.2 Å². The molecule has 0 aliphatic carbocycles. The van der Waals surface area contributed by atoms with E-state index < -0.39 is 12.7 Å². The minimum absolute atomic E-state index is 0.194. The average Bonchev–Trinajstić information content (AvgIpc) is 2.28. The Balaban J connectivity index is 2.42. The highest BCUT2D eigenvalue weighted by atomic mass is 19.4. The standard InChI is InChI=1S/C14H22F3N3/c1-11(2)6-18-7-12-4-5-13(19-8-12)9-20(3)10-14(15,16)17/h4-5,8,11,18H,6-7,9-10H2,1-3H3. The van der Waals surface area contributed by atoms with Gasteiger partial charge in [0.2, 0.25) is 0 Å². The Morgan fingerprint density at radius 3 is 2.50 bits per heavy atom.